The average molecular weight is 277 g/mol. The fraction of sp³-hybridized carbons (Fsp3) is 0.333. The Kier molecular flexibility index (Phi) is 4.40. The molecule has 0 fully saturated rings. The number of rotatable bonds is 5. The van der Waals surface area contributed by atoms with E-state index in [1.807, 2.05) is 6.92 Å². The minimum Gasteiger partial charge on any atom is -0.369 e. The van der Waals surface area contributed by atoms with Crippen LogP contribution in [0.5, 0.6) is 0 Å². The van der Waals surface area contributed by atoms with Crippen LogP contribution in [0, 0.1) is 6.92 Å². The number of aryl methyl sites for hydroxylation is 1. The summed E-state index contributed by atoms with van der Waals surface area (Å²) in [6, 6.07) is 3.46. The molecule has 0 aliphatic heterocycles. The van der Waals surface area contributed by atoms with Crippen molar-refractivity contribution in [3.63, 3.8) is 0 Å². The van der Waals surface area contributed by atoms with Crippen molar-refractivity contribution in [1.29, 1.82) is 0 Å². The van der Waals surface area contributed by atoms with Crippen LogP contribution in [0.25, 0.3) is 0 Å². The van der Waals surface area contributed by atoms with Crippen molar-refractivity contribution in [2.75, 3.05) is 17.2 Å². The minimum absolute atomic E-state index is 0.233. The van der Waals surface area contributed by atoms with Gasteiger partial charge in [-0.2, -0.15) is 0 Å². The molecule has 0 spiro atoms. The Balaban J connectivity index is 2.14. The predicted octanol–water partition coefficient (Wildman–Crippen LogP) is 2.32. The number of amides is 1. The molecule has 1 amide bonds. The summed E-state index contributed by atoms with van der Waals surface area (Å²) in [5, 5.41) is 14.9. The topological polar surface area (TPSA) is 79.8 Å². The summed E-state index contributed by atoms with van der Waals surface area (Å²) in [6.07, 6.45) is 2.62. The largest absolute Gasteiger partial charge is 0.369 e. The van der Waals surface area contributed by atoms with Crippen LogP contribution in [0.3, 0.4) is 0 Å². The maximum atomic E-state index is 12.2. The molecule has 2 aromatic rings. The Bertz CT molecular complexity index is 569. The zero-order valence-electron chi connectivity index (χ0n) is 10.8. The normalized spacial score (nSPS) is 10.2. The Morgan fingerprint density at radius 3 is 2.95 bits per heavy atom. The Labute approximate surface area is 115 Å². The third-order valence-corrected chi connectivity index (χ3v) is 3.10. The van der Waals surface area contributed by atoms with Crippen molar-refractivity contribution in [2.24, 2.45) is 0 Å². The van der Waals surface area contributed by atoms with Gasteiger partial charge >= 0.3 is 0 Å². The summed E-state index contributed by atoms with van der Waals surface area (Å²) in [4.78, 5) is 16.3. The zero-order chi connectivity index (χ0) is 13.7. The highest BCUT2D eigenvalue weighted by Gasteiger charge is 2.13. The van der Waals surface area contributed by atoms with E-state index in [1.54, 1.807) is 18.3 Å². The molecule has 2 heterocycles. The molecule has 0 saturated heterocycles. The lowest BCUT2D eigenvalue weighted by molar-refractivity contribution is 0.102. The molecule has 0 aliphatic carbocycles. The second-order valence-electron chi connectivity index (χ2n) is 3.91. The first-order valence-electron chi connectivity index (χ1n) is 6.01. The number of anilines is 2. The number of aromatic nitrogens is 3. The van der Waals surface area contributed by atoms with Crippen LogP contribution in [0.15, 0.2) is 18.3 Å². The fourth-order valence-corrected chi connectivity index (χ4v) is 2.07. The highest BCUT2D eigenvalue weighted by Crippen LogP contribution is 2.17. The van der Waals surface area contributed by atoms with E-state index >= 15 is 0 Å². The summed E-state index contributed by atoms with van der Waals surface area (Å²) in [7, 11) is 0. The van der Waals surface area contributed by atoms with Gasteiger partial charge in [-0.05, 0) is 25.5 Å². The number of nitrogens with one attached hydrogen (secondary N) is 2. The van der Waals surface area contributed by atoms with Crippen LogP contribution >= 0.6 is 11.3 Å². The molecule has 2 aromatic heterocycles. The zero-order valence-corrected chi connectivity index (χ0v) is 11.6. The van der Waals surface area contributed by atoms with E-state index in [1.165, 1.54) is 11.3 Å². The molecule has 0 saturated carbocycles. The smallest absolute Gasteiger partial charge is 0.261 e. The quantitative estimate of drug-likeness (QED) is 0.876. The van der Waals surface area contributed by atoms with Gasteiger partial charge in [0.1, 0.15) is 10.8 Å². The van der Waals surface area contributed by atoms with Gasteiger partial charge < -0.3 is 5.32 Å². The molecule has 0 aromatic carbocycles. The lowest BCUT2D eigenvalue weighted by Crippen LogP contribution is -2.16. The Morgan fingerprint density at radius 1 is 1.42 bits per heavy atom. The van der Waals surface area contributed by atoms with Gasteiger partial charge in [0, 0.05) is 12.7 Å². The lowest BCUT2D eigenvalue weighted by atomic mass is 10.2. The van der Waals surface area contributed by atoms with E-state index in [0.717, 1.165) is 18.0 Å². The molecule has 2 rings (SSSR count). The van der Waals surface area contributed by atoms with Gasteiger partial charge in [-0.15, -0.1) is 10.2 Å². The first-order valence-corrected chi connectivity index (χ1v) is 6.82. The molecule has 19 heavy (non-hydrogen) atoms. The summed E-state index contributed by atoms with van der Waals surface area (Å²) in [5.74, 6) is 0.353. The van der Waals surface area contributed by atoms with Crippen LogP contribution < -0.4 is 10.6 Å². The van der Waals surface area contributed by atoms with E-state index in [0.29, 0.717) is 16.5 Å². The molecular weight excluding hydrogens is 262 g/mol. The van der Waals surface area contributed by atoms with Gasteiger partial charge in [-0.3, -0.25) is 10.1 Å². The van der Waals surface area contributed by atoms with E-state index in [2.05, 4.69) is 32.7 Å². The highest BCUT2D eigenvalue weighted by atomic mass is 32.1. The standard InChI is InChI=1S/C12H15N5OS/c1-3-6-13-10-9(5-4-7-14-10)11(18)15-12-17-16-8(2)19-12/h4-5,7H,3,6H2,1-2H3,(H,13,14)(H,15,17,18). The SMILES string of the molecule is CCCNc1ncccc1C(=O)Nc1nnc(C)s1. The average Bonchev–Trinajstić information content (AvgIpc) is 2.82. The van der Waals surface area contributed by atoms with Crippen LogP contribution in [-0.4, -0.2) is 27.6 Å². The number of hydrogen-bond donors (Lipinski definition) is 2. The van der Waals surface area contributed by atoms with Crippen molar-refractivity contribution < 1.29 is 4.79 Å². The molecular formula is C12H15N5OS. The van der Waals surface area contributed by atoms with Gasteiger partial charge in [-0.25, -0.2) is 4.98 Å². The van der Waals surface area contributed by atoms with Gasteiger partial charge in [0.2, 0.25) is 5.13 Å². The second-order valence-corrected chi connectivity index (χ2v) is 5.09. The third-order valence-electron chi connectivity index (χ3n) is 2.34. The first kappa shape index (κ1) is 13.4. The third kappa shape index (κ3) is 3.47. The van der Waals surface area contributed by atoms with Gasteiger partial charge in [0.05, 0.1) is 5.56 Å². The summed E-state index contributed by atoms with van der Waals surface area (Å²) >= 11 is 1.34. The predicted molar refractivity (Wildman–Crippen MR) is 75.6 cm³/mol. The number of pyridine rings is 1. The van der Waals surface area contributed by atoms with Crippen molar-refractivity contribution >= 4 is 28.2 Å². The van der Waals surface area contributed by atoms with Crippen LogP contribution in [0.1, 0.15) is 28.7 Å². The number of hydrogen-bond acceptors (Lipinski definition) is 6. The van der Waals surface area contributed by atoms with E-state index in [9.17, 15) is 4.79 Å². The number of nitrogens with zero attached hydrogens (tertiary/aromatic N) is 3. The van der Waals surface area contributed by atoms with Crippen LogP contribution in [-0.2, 0) is 0 Å². The molecule has 0 atom stereocenters. The molecule has 0 aliphatic rings. The molecule has 0 radical (unpaired) electrons. The molecule has 0 unspecified atom stereocenters. The van der Waals surface area contributed by atoms with Crippen molar-refractivity contribution in [1.82, 2.24) is 15.2 Å². The highest BCUT2D eigenvalue weighted by molar-refractivity contribution is 7.15. The van der Waals surface area contributed by atoms with Gasteiger partial charge in [-0.1, -0.05) is 18.3 Å². The van der Waals surface area contributed by atoms with Gasteiger partial charge in [0.15, 0.2) is 0 Å². The monoisotopic (exact) mass is 277 g/mol. The maximum Gasteiger partial charge on any atom is 0.261 e. The molecule has 6 nitrogen and oxygen atoms in total. The summed E-state index contributed by atoms with van der Waals surface area (Å²) < 4.78 is 0. The summed E-state index contributed by atoms with van der Waals surface area (Å²) in [5.41, 5.74) is 0.504. The fourth-order valence-electron chi connectivity index (χ4n) is 1.48. The first-order chi connectivity index (χ1) is 9.20. The molecule has 100 valence electrons. The maximum absolute atomic E-state index is 12.2. The van der Waals surface area contributed by atoms with Crippen molar-refractivity contribution in [2.45, 2.75) is 20.3 Å². The molecule has 0 bridgehead atoms. The number of carbonyl (C=O) groups is 1. The van der Waals surface area contributed by atoms with E-state index < -0.39 is 0 Å². The van der Waals surface area contributed by atoms with Crippen LogP contribution in [0.2, 0.25) is 0 Å². The number of carbonyl (C=O) groups excluding carboxylic acids is 1. The van der Waals surface area contributed by atoms with Crippen LogP contribution in [0.4, 0.5) is 10.9 Å². The van der Waals surface area contributed by atoms with E-state index in [-0.39, 0.29) is 5.91 Å². The minimum atomic E-state index is -0.233. The van der Waals surface area contributed by atoms with E-state index in [4.69, 9.17) is 0 Å². The Morgan fingerprint density at radius 2 is 2.26 bits per heavy atom. The molecule has 2 N–H and O–H groups in total. The van der Waals surface area contributed by atoms with Crippen molar-refractivity contribution in [3.8, 4) is 0 Å². The molecule has 7 heteroatoms. The Hall–Kier alpha value is -2.02. The summed E-state index contributed by atoms with van der Waals surface area (Å²) in [6.45, 7) is 4.67. The van der Waals surface area contributed by atoms with Crippen molar-refractivity contribution in [3.05, 3.63) is 28.9 Å². The van der Waals surface area contributed by atoms with Gasteiger partial charge in [0.25, 0.3) is 5.91 Å². The lowest BCUT2D eigenvalue weighted by Gasteiger charge is -2.08. The second kappa shape index (κ2) is 6.24.